The molecule has 4 unspecified atom stereocenters. The number of hydrogen-bond acceptors (Lipinski definition) is 2. The zero-order valence-corrected chi connectivity index (χ0v) is 11.0. The zero-order chi connectivity index (χ0) is 11.0. The highest BCUT2D eigenvalue weighted by atomic mass is 35.5. The molecule has 94 valence electrons. The Labute approximate surface area is 104 Å². The fraction of sp³-hybridized carbons (Fsp3) is 0.917. The van der Waals surface area contributed by atoms with Crippen LogP contribution < -0.4 is 5.73 Å². The van der Waals surface area contributed by atoms with Crippen molar-refractivity contribution in [1.82, 2.24) is 4.90 Å². The van der Waals surface area contributed by atoms with Crippen LogP contribution in [0.1, 0.15) is 33.1 Å². The maximum Gasteiger partial charge on any atom is 0.227 e. The quantitative estimate of drug-likeness (QED) is 0.823. The summed E-state index contributed by atoms with van der Waals surface area (Å²) in [6.07, 6.45) is 3.66. The lowest BCUT2D eigenvalue weighted by Crippen LogP contribution is -2.47. The van der Waals surface area contributed by atoms with Gasteiger partial charge in [-0.25, -0.2) is 0 Å². The Bertz CT molecular complexity index is 253. The zero-order valence-electron chi connectivity index (χ0n) is 10.2. The summed E-state index contributed by atoms with van der Waals surface area (Å²) in [5, 5.41) is 0. The van der Waals surface area contributed by atoms with Crippen LogP contribution in [0.15, 0.2) is 0 Å². The Morgan fingerprint density at radius 2 is 1.81 bits per heavy atom. The molecule has 0 aromatic carbocycles. The standard InChI is InChI=1S/C12H22N2O.ClH/c1-3-14(4-2)12(15)10-8-5-6-9(7-8)11(10)13;/h8-11H,3-7,13H2,1-2H3;1H. The topological polar surface area (TPSA) is 46.3 Å². The normalized spacial score (nSPS) is 35.9. The van der Waals surface area contributed by atoms with Gasteiger partial charge in [0.05, 0.1) is 5.92 Å². The molecule has 4 atom stereocenters. The molecule has 0 aromatic rings. The van der Waals surface area contributed by atoms with Gasteiger partial charge in [0.2, 0.25) is 5.91 Å². The SMILES string of the molecule is CCN(CC)C(=O)C1C2CCC(C2)C1N.Cl. The van der Waals surface area contributed by atoms with Crippen molar-refractivity contribution in [3.63, 3.8) is 0 Å². The van der Waals surface area contributed by atoms with E-state index in [1.807, 2.05) is 18.7 Å². The highest BCUT2D eigenvalue weighted by molar-refractivity contribution is 5.85. The van der Waals surface area contributed by atoms with E-state index in [4.69, 9.17) is 5.73 Å². The number of rotatable bonds is 3. The second-order valence-corrected chi connectivity index (χ2v) is 4.95. The van der Waals surface area contributed by atoms with Gasteiger partial charge in [0.1, 0.15) is 0 Å². The van der Waals surface area contributed by atoms with Crippen LogP contribution in [0.5, 0.6) is 0 Å². The average molecular weight is 247 g/mol. The van der Waals surface area contributed by atoms with Gasteiger partial charge < -0.3 is 10.6 Å². The van der Waals surface area contributed by atoms with Crippen molar-refractivity contribution in [1.29, 1.82) is 0 Å². The minimum atomic E-state index is 0. The van der Waals surface area contributed by atoms with Crippen LogP contribution in [0.4, 0.5) is 0 Å². The molecule has 2 fully saturated rings. The Balaban J connectivity index is 0.00000128. The van der Waals surface area contributed by atoms with Gasteiger partial charge in [0.25, 0.3) is 0 Å². The molecular formula is C12H23ClN2O. The predicted octanol–water partition coefficient (Wildman–Crippen LogP) is 1.65. The monoisotopic (exact) mass is 246 g/mol. The highest BCUT2D eigenvalue weighted by Gasteiger charge is 2.49. The summed E-state index contributed by atoms with van der Waals surface area (Å²) in [7, 11) is 0. The van der Waals surface area contributed by atoms with E-state index in [0.717, 1.165) is 13.1 Å². The van der Waals surface area contributed by atoms with E-state index in [1.54, 1.807) is 0 Å². The third-order valence-corrected chi connectivity index (χ3v) is 4.34. The molecule has 3 nitrogen and oxygen atoms in total. The van der Waals surface area contributed by atoms with Crippen molar-refractivity contribution in [2.24, 2.45) is 23.5 Å². The van der Waals surface area contributed by atoms with E-state index in [1.165, 1.54) is 19.3 Å². The van der Waals surface area contributed by atoms with E-state index in [2.05, 4.69) is 0 Å². The van der Waals surface area contributed by atoms with E-state index < -0.39 is 0 Å². The second kappa shape index (κ2) is 5.37. The van der Waals surface area contributed by atoms with Crippen molar-refractivity contribution in [2.45, 2.75) is 39.2 Å². The van der Waals surface area contributed by atoms with Gasteiger partial charge in [0, 0.05) is 19.1 Å². The van der Waals surface area contributed by atoms with Crippen molar-refractivity contribution < 1.29 is 4.79 Å². The molecule has 2 N–H and O–H groups in total. The average Bonchev–Trinajstić information content (AvgIpc) is 2.79. The minimum Gasteiger partial charge on any atom is -0.343 e. The molecule has 2 aliphatic carbocycles. The molecular weight excluding hydrogens is 224 g/mol. The summed E-state index contributed by atoms with van der Waals surface area (Å²) in [4.78, 5) is 14.2. The van der Waals surface area contributed by atoms with Crippen LogP contribution in [-0.2, 0) is 4.79 Å². The molecule has 2 aliphatic rings. The smallest absolute Gasteiger partial charge is 0.227 e. The molecule has 16 heavy (non-hydrogen) atoms. The summed E-state index contributed by atoms with van der Waals surface area (Å²) in [6.45, 7) is 5.71. The fourth-order valence-electron chi connectivity index (χ4n) is 3.45. The van der Waals surface area contributed by atoms with Crippen molar-refractivity contribution >= 4 is 18.3 Å². The molecule has 0 aliphatic heterocycles. The number of carbonyl (C=O) groups excluding carboxylic acids is 1. The first-order valence-corrected chi connectivity index (χ1v) is 6.23. The number of amides is 1. The van der Waals surface area contributed by atoms with Gasteiger partial charge in [-0.3, -0.25) is 4.79 Å². The van der Waals surface area contributed by atoms with E-state index in [9.17, 15) is 4.79 Å². The van der Waals surface area contributed by atoms with Crippen LogP contribution in [-0.4, -0.2) is 29.9 Å². The molecule has 2 rings (SSSR count). The van der Waals surface area contributed by atoms with Gasteiger partial charge >= 0.3 is 0 Å². The molecule has 2 bridgehead atoms. The summed E-state index contributed by atoms with van der Waals surface area (Å²) < 4.78 is 0. The summed E-state index contributed by atoms with van der Waals surface area (Å²) >= 11 is 0. The highest BCUT2D eigenvalue weighted by Crippen LogP contribution is 2.48. The maximum atomic E-state index is 12.3. The largest absolute Gasteiger partial charge is 0.343 e. The lowest BCUT2D eigenvalue weighted by molar-refractivity contribution is -0.137. The van der Waals surface area contributed by atoms with Gasteiger partial charge in [-0.15, -0.1) is 12.4 Å². The third kappa shape index (κ3) is 2.07. The van der Waals surface area contributed by atoms with Gasteiger partial charge in [0.15, 0.2) is 0 Å². The molecule has 0 heterocycles. The first kappa shape index (κ1) is 13.8. The van der Waals surface area contributed by atoms with E-state index >= 15 is 0 Å². The van der Waals surface area contributed by atoms with Gasteiger partial charge in [-0.05, 0) is 44.9 Å². The third-order valence-electron chi connectivity index (χ3n) is 4.34. The number of halogens is 1. The van der Waals surface area contributed by atoms with E-state index in [-0.39, 0.29) is 24.4 Å². The molecule has 2 saturated carbocycles. The van der Waals surface area contributed by atoms with Gasteiger partial charge in [-0.2, -0.15) is 0 Å². The van der Waals surface area contributed by atoms with Gasteiger partial charge in [-0.1, -0.05) is 0 Å². The van der Waals surface area contributed by atoms with Crippen LogP contribution in [0.25, 0.3) is 0 Å². The summed E-state index contributed by atoms with van der Waals surface area (Å²) in [5.74, 6) is 1.64. The molecule has 0 saturated heterocycles. The fourth-order valence-corrected chi connectivity index (χ4v) is 3.45. The van der Waals surface area contributed by atoms with Crippen molar-refractivity contribution in [3.05, 3.63) is 0 Å². The predicted molar refractivity (Wildman–Crippen MR) is 67.5 cm³/mol. The molecule has 1 amide bonds. The molecule has 4 heteroatoms. The van der Waals surface area contributed by atoms with Crippen LogP contribution in [0.3, 0.4) is 0 Å². The summed E-state index contributed by atoms with van der Waals surface area (Å²) in [5.41, 5.74) is 6.16. The Morgan fingerprint density at radius 1 is 1.25 bits per heavy atom. The number of nitrogens with two attached hydrogens (primary N) is 1. The van der Waals surface area contributed by atoms with Crippen molar-refractivity contribution in [3.8, 4) is 0 Å². The number of fused-ring (bicyclic) bond motifs is 2. The molecule has 0 aromatic heterocycles. The van der Waals surface area contributed by atoms with Crippen LogP contribution in [0.2, 0.25) is 0 Å². The number of hydrogen-bond donors (Lipinski definition) is 1. The second-order valence-electron chi connectivity index (χ2n) is 4.95. The first-order chi connectivity index (χ1) is 7.19. The Kier molecular flexibility index (Phi) is 4.62. The molecule has 0 spiro atoms. The Hall–Kier alpha value is -0.280. The van der Waals surface area contributed by atoms with Crippen LogP contribution in [0, 0.1) is 17.8 Å². The van der Waals surface area contributed by atoms with Crippen molar-refractivity contribution in [2.75, 3.05) is 13.1 Å². The number of nitrogens with zero attached hydrogens (tertiary/aromatic N) is 1. The maximum absolute atomic E-state index is 12.3. The first-order valence-electron chi connectivity index (χ1n) is 6.23. The van der Waals surface area contributed by atoms with Crippen LogP contribution >= 0.6 is 12.4 Å². The Morgan fingerprint density at radius 3 is 2.25 bits per heavy atom. The lowest BCUT2D eigenvalue weighted by Gasteiger charge is -2.31. The minimum absolute atomic E-state index is 0. The van der Waals surface area contributed by atoms with E-state index in [0.29, 0.717) is 17.7 Å². The number of carbonyl (C=O) groups is 1. The lowest BCUT2D eigenvalue weighted by atomic mass is 9.84. The molecule has 0 radical (unpaired) electrons. The summed E-state index contributed by atoms with van der Waals surface area (Å²) in [6, 6.07) is 0.136.